The van der Waals surface area contributed by atoms with Crippen LogP contribution in [0.5, 0.6) is 0 Å². The van der Waals surface area contributed by atoms with E-state index in [1.54, 1.807) is 6.20 Å². The smallest absolute Gasteiger partial charge is 0.293 e. The average Bonchev–Trinajstić information content (AvgIpc) is 3.27. The van der Waals surface area contributed by atoms with Gasteiger partial charge in [-0.1, -0.05) is 0 Å². The first kappa shape index (κ1) is 13.9. The van der Waals surface area contributed by atoms with E-state index < -0.39 is 0 Å². The van der Waals surface area contributed by atoms with Crippen molar-refractivity contribution in [1.82, 2.24) is 14.5 Å². The van der Waals surface area contributed by atoms with Gasteiger partial charge in [-0.3, -0.25) is 4.79 Å². The first-order valence-corrected chi connectivity index (χ1v) is 7.93. The maximum absolute atomic E-state index is 12.5. The van der Waals surface area contributed by atoms with Gasteiger partial charge < -0.3 is 14.4 Å². The maximum atomic E-state index is 12.5. The third-order valence-electron chi connectivity index (χ3n) is 4.08. The molecule has 1 saturated heterocycles. The number of nitrogens with zero attached hydrogens (tertiary/aromatic N) is 4. The predicted molar refractivity (Wildman–Crippen MR) is 80.8 cm³/mol. The van der Waals surface area contributed by atoms with Gasteiger partial charge in [0.2, 0.25) is 0 Å². The van der Waals surface area contributed by atoms with Crippen LogP contribution in [-0.2, 0) is 0 Å². The molecule has 0 aromatic carbocycles. The fourth-order valence-electron chi connectivity index (χ4n) is 2.80. The Morgan fingerprint density at radius 2 is 2.10 bits per heavy atom. The number of hydrogen-bond acceptors (Lipinski definition) is 4. The molecule has 2 fully saturated rings. The molecule has 1 saturated carbocycles. The molecule has 0 spiro atoms. The maximum Gasteiger partial charge on any atom is 0.293 e. The summed E-state index contributed by atoms with van der Waals surface area (Å²) in [5, 5.41) is 0. The molecule has 1 aromatic rings. The van der Waals surface area contributed by atoms with Crippen LogP contribution in [-0.4, -0.2) is 53.1 Å². The van der Waals surface area contributed by atoms with Crippen LogP contribution in [0.2, 0.25) is 0 Å². The molecule has 5 nitrogen and oxygen atoms in total. The molecule has 0 bridgehead atoms. The number of aromatic nitrogens is 2. The number of alkyl halides is 1. The number of halogens is 1. The van der Waals surface area contributed by atoms with Gasteiger partial charge in [0.05, 0.1) is 0 Å². The second kappa shape index (κ2) is 6.14. The third kappa shape index (κ3) is 2.99. The van der Waals surface area contributed by atoms with Crippen molar-refractivity contribution in [2.45, 2.75) is 25.3 Å². The van der Waals surface area contributed by atoms with Gasteiger partial charge in [0, 0.05) is 50.5 Å². The lowest BCUT2D eigenvalue weighted by molar-refractivity contribution is 0.311. The lowest BCUT2D eigenvalue weighted by Gasteiger charge is -2.22. The highest BCUT2D eigenvalue weighted by molar-refractivity contribution is 6.18. The van der Waals surface area contributed by atoms with E-state index in [2.05, 4.69) is 14.8 Å². The minimum absolute atomic E-state index is 0.0702. The van der Waals surface area contributed by atoms with Gasteiger partial charge in [-0.15, -0.1) is 11.6 Å². The molecule has 0 atom stereocenters. The highest BCUT2D eigenvalue weighted by atomic mass is 35.5. The van der Waals surface area contributed by atoms with Gasteiger partial charge in [-0.05, 0) is 25.8 Å². The molecule has 0 amide bonds. The average molecular weight is 297 g/mol. The Morgan fingerprint density at radius 3 is 2.85 bits per heavy atom. The molecule has 2 heterocycles. The van der Waals surface area contributed by atoms with Gasteiger partial charge in [0.25, 0.3) is 5.56 Å². The van der Waals surface area contributed by atoms with Crippen LogP contribution < -0.4 is 10.5 Å². The summed E-state index contributed by atoms with van der Waals surface area (Å²) in [4.78, 5) is 21.3. The minimum Gasteiger partial charge on any atom is -0.351 e. The molecular formula is C14H21ClN4O. The summed E-state index contributed by atoms with van der Waals surface area (Å²) in [5.74, 6) is 1.28. The van der Waals surface area contributed by atoms with Crippen LogP contribution in [0.1, 0.15) is 25.3 Å². The lowest BCUT2D eigenvalue weighted by Crippen LogP contribution is -2.36. The molecule has 0 radical (unpaired) electrons. The summed E-state index contributed by atoms with van der Waals surface area (Å²) in [6, 6.07) is 0.406. The topological polar surface area (TPSA) is 41.4 Å². The van der Waals surface area contributed by atoms with Gasteiger partial charge in [0.15, 0.2) is 5.82 Å². The number of rotatable bonds is 4. The Morgan fingerprint density at radius 1 is 1.25 bits per heavy atom. The van der Waals surface area contributed by atoms with E-state index in [0.717, 1.165) is 52.0 Å². The summed E-state index contributed by atoms with van der Waals surface area (Å²) in [6.45, 7) is 4.67. The van der Waals surface area contributed by atoms with E-state index in [-0.39, 0.29) is 5.56 Å². The standard InChI is InChI=1S/C14H21ClN4O/c15-4-8-17-6-1-7-18(11-10-17)13-14(20)19(9-5-16-13)12-2-3-12/h5,9,12H,1-4,6-8,10-11H2. The zero-order chi connectivity index (χ0) is 13.9. The Balaban J connectivity index is 1.75. The summed E-state index contributed by atoms with van der Waals surface area (Å²) in [5.41, 5.74) is 0.0702. The van der Waals surface area contributed by atoms with Crippen LogP contribution in [0.3, 0.4) is 0 Å². The molecule has 0 unspecified atom stereocenters. The molecule has 110 valence electrons. The number of anilines is 1. The van der Waals surface area contributed by atoms with E-state index in [9.17, 15) is 4.79 Å². The molecule has 20 heavy (non-hydrogen) atoms. The van der Waals surface area contributed by atoms with E-state index in [1.165, 1.54) is 0 Å². The predicted octanol–water partition coefficient (Wildman–Crippen LogP) is 1.33. The summed E-state index contributed by atoms with van der Waals surface area (Å²) in [7, 11) is 0. The molecule has 1 aromatic heterocycles. The molecule has 1 aliphatic carbocycles. The molecule has 2 aliphatic rings. The second-order valence-corrected chi connectivity index (χ2v) is 5.94. The largest absolute Gasteiger partial charge is 0.351 e. The summed E-state index contributed by atoms with van der Waals surface area (Å²) in [6.07, 6.45) is 6.87. The van der Waals surface area contributed by atoms with Crippen molar-refractivity contribution in [3.8, 4) is 0 Å². The molecule has 3 rings (SSSR count). The zero-order valence-corrected chi connectivity index (χ0v) is 12.4. The van der Waals surface area contributed by atoms with Crippen LogP contribution in [0.25, 0.3) is 0 Å². The molecule has 6 heteroatoms. The van der Waals surface area contributed by atoms with Crippen molar-refractivity contribution in [1.29, 1.82) is 0 Å². The van der Waals surface area contributed by atoms with Crippen LogP contribution in [0.4, 0.5) is 5.82 Å². The van der Waals surface area contributed by atoms with Crippen molar-refractivity contribution in [2.75, 3.05) is 43.5 Å². The SMILES string of the molecule is O=c1c(N2CCCN(CCCl)CC2)nccn1C1CC1. The van der Waals surface area contributed by atoms with Gasteiger partial charge >= 0.3 is 0 Å². The van der Waals surface area contributed by atoms with Crippen molar-refractivity contribution in [3.63, 3.8) is 0 Å². The second-order valence-electron chi connectivity index (χ2n) is 5.57. The first-order valence-electron chi connectivity index (χ1n) is 7.40. The molecule has 0 N–H and O–H groups in total. The summed E-state index contributed by atoms with van der Waals surface area (Å²) >= 11 is 5.81. The Hall–Kier alpha value is -1.07. The van der Waals surface area contributed by atoms with E-state index in [4.69, 9.17) is 11.6 Å². The monoisotopic (exact) mass is 296 g/mol. The normalized spacial score (nSPS) is 20.9. The van der Waals surface area contributed by atoms with E-state index in [0.29, 0.717) is 17.7 Å². The highest BCUT2D eigenvalue weighted by Crippen LogP contribution is 2.33. The highest BCUT2D eigenvalue weighted by Gasteiger charge is 2.26. The summed E-state index contributed by atoms with van der Waals surface area (Å²) < 4.78 is 1.85. The molecule has 1 aliphatic heterocycles. The van der Waals surface area contributed by atoms with Crippen molar-refractivity contribution in [3.05, 3.63) is 22.7 Å². The fraction of sp³-hybridized carbons (Fsp3) is 0.714. The van der Waals surface area contributed by atoms with E-state index in [1.807, 2.05) is 10.8 Å². The van der Waals surface area contributed by atoms with Crippen molar-refractivity contribution >= 4 is 17.4 Å². The van der Waals surface area contributed by atoms with Gasteiger partial charge in [0.1, 0.15) is 0 Å². The number of hydrogen-bond donors (Lipinski definition) is 0. The third-order valence-corrected chi connectivity index (χ3v) is 4.25. The zero-order valence-electron chi connectivity index (χ0n) is 11.7. The minimum atomic E-state index is 0.0702. The van der Waals surface area contributed by atoms with Crippen molar-refractivity contribution < 1.29 is 0 Å². The van der Waals surface area contributed by atoms with Crippen LogP contribution >= 0.6 is 11.6 Å². The Bertz CT molecular complexity index is 514. The van der Waals surface area contributed by atoms with Gasteiger partial charge in [-0.25, -0.2) is 4.98 Å². The fourth-order valence-corrected chi connectivity index (χ4v) is 3.04. The van der Waals surface area contributed by atoms with Crippen molar-refractivity contribution in [2.24, 2.45) is 0 Å². The molecular weight excluding hydrogens is 276 g/mol. The Labute approximate surface area is 124 Å². The quantitative estimate of drug-likeness (QED) is 0.786. The van der Waals surface area contributed by atoms with Crippen LogP contribution in [0.15, 0.2) is 17.2 Å². The van der Waals surface area contributed by atoms with E-state index >= 15 is 0 Å². The first-order chi connectivity index (χ1) is 9.79. The Kier molecular flexibility index (Phi) is 4.27. The van der Waals surface area contributed by atoms with Gasteiger partial charge in [-0.2, -0.15) is 0 Å². The van der Waals surface area contributed by atoms with Crippen LogP contribution in [0, 0.1) is 0 Å². The lowest BCUT2D eigenvalue weighted by atomic mass is 10.4.